The summed E-state index contributed by atoms with van der Waals surface area (Å²) in [6.07, 6.45) is 4.24. The highest BCUT2D eigenvalue weighted by molar-refractivity contribution is 7.18. The first-order valence-electron chi connectivity index (χ1n) is 9.33. The lowest BCUT2D eigenvalue weighted by molar-refractivity contribution is -0.138. The third-order valence-electron chi connectivity index (χ3n) is 5.51. The number of hydrogen-bond acceptors (Lipinski definition) is 3. The van der Waals surface area contributed by atoms with Gasteiger partial charge < -0.3 is 4.90 Å². The fraction of sp³-hybridized carbons (Fsp3) is 0.500. The summed E-state index contributed by atoms with van der Waals surface area (Å²) in [6, 6.07) is 3.75. The fourth-order valence-electron chi connectivity index (χ4n) is 3.92. The average molecular weight is 394 g/mol. The summed E-state index contributed by atoms with van der Waals surface area (Å²) in [5.74, 6) is 0.568. The highest BCUT2D eigenvalue weighted by Crippen LogP contribution is 2.37. The van der Waals surface area contributed by atoms with Gasteiger partial charge in [0.25, 0.3) is 0 Å². The van der Waals surface area contributed by atoms with Gasteiger partial charge in [0, 0.05) is 24.9 Å². The summed E-state index contributed by atoms with van der Waals surface area (Å²) in [6.45, 7) is 1.40. The summed E-state index contributed by atoms with van der Waals surface area (Å²) in [4.78, 5) is 19.1. The van der Waals surface area contributed by atoms with Crippen LogP contribution in [-0.4, -0.2) is 28.9 Å². The molecular formula is C20H21F3N2OS. The highest BCUT2D eigenvalue weighted by Gasteiger charge is 2.32. The van der Waals surface area contributed by atoms with Gasteiger partial charge in [0.2, 0.25) is 5.91 Å². The molecule has 0 saturated carbocycles. The first kappa shape index (κ1) is 18.5. The van der Waals surface area contributed by atoms with E-state index in [1.54, 1.807) is 0 Å². The molecule has 0 spiro atoms. The predicted octanol–water partition coefficient (Wildman–Crippen LogP) is 5.38. The number of carbonyl (C=O) groups is 1. The van der Waals surface area contributed by atoms with E-state index in [-0.39, 0.29) is 17.7 Å². The SMILES string of the molecule is O=C([C@@H]1CC=CCC1)N1CCC(c2nc3cc(C(F)(F)F)ccc3s2)CC1. The van der Waals surface area contributed by atoms with E-state index in [9.17, 15) is 18.0 Å². The second-order valence-electron chi connectivity index (χ2n) is 7.31. The van der Waals surface area contributed by atoms with Gasteiger partial charge in [-0.25, -0.2) is 4.98 Å². The zero-order valence-electron chi connectivity index (χ0n) is 14.8. The molecule has 3 nitrogen and oxygen atoms in total. The number of hydrogen-bond donors (Lipinski definition) is 0. The standard InChI is InChI=1S/C20H21F3N2OS/c21-20(22,23)15-6-7-17-16(12-15)24-18(27-17)13-8-10-25(11-9-13)19(26)14-4-2-1-3-5-14/h1-2,6-7,12-14H,3-5,8-11H2/t14-/m1/s1. The minimum absolute atomic E-state index is 0.106. The van der Waals surface area contributed by atoms with Crippen LogP contribution in [0, 0.1) is 5.92 Å². The molecule has 2 heterocycles. The maximum absolute atomic E-state index is 12.9. The number of likely N-dealkylation sites (tertiary alicyclic amines) is 1. The van der Waals surface area contributed by atoms with E-state index >= 15 is 0 Å². The Balaban J connectivity index is 1.43. The van der Waals surface area contributed by atoms with Crippen LogP contribution < -0.4 is 0 Å². The van der Waals surface area contributed by atoms with E-state index in [2.05, 4.69) is 17.1 Å². The van der Waals surface area contributed by atoms with Crippen LogP contribution >= 0.6 is 11.3 Å². The van der Waals surface area contributed by atoms with E-state index in [1.807, 2.05) is 4.90 Å². The molecule has 4 rings (SSSR count). The second kappa shape index (κ2) is 7.26. The third-order valence-corrected chi connectivity index (χ3v) is 6.70. The molecule has 27 heavy (non-hydrogen) atoms. The van der Waals surface area contributed by atoms with E-state index in [4.69, 9.17) is 0 Å². The molecule has 144 valence electrons. The number of nitrogens with zero attached hydrogens (tertiary/aromatic N) is 2. The summed E-state index contributed by atoms with van der Waals surface area (Å²) in [7, 11) is 0. The molecule has 1 aliphatic heterocycles. The van der Waals surface area contributed by atoms with Crippen LogP contribution in [0.1, 0.15) is 48.6 Å². The van der Waals surface area contributed by atoms with E-state index in [0.29, 0.717) is 18.6 Å². The van der Waals surface area contributed by atoms with Crippen LogP contribution in [0.3, 0.4) is 0 Å². The largest absolute Gasteiger partial charge is 0.416 e. The molecule has 1 aromatic heterocycles. The molecule has 0 unspecified atom stereocenters. The smallest absolute Gasteiger partial charge is 0.342 e. The van der Waals surface area contributed by atoms with Crippen molar-refractivity contribution >= 4 is 27.5 Å². The molecule has 2 aromatic rings. The lowest BCUT2D eigenvalue weighted by Gasteiger charge is -2.34. The molecule has 1 amide bonds. The molecule has 1 fully saturated rings. The van der Waals surface area contributed by atoms with Gasteiger partial charge in [-0.1, -0.05) is 12.2 Å². The number of alkyl halides is 3. The van der Waals surface area contributed by atoms with Crippen molar-refractivity contribution in [3.05, 3.63) is 40.9 Å². The van der Waals surface area contributed by atoms with E-state index in [1.165, 1.54) is 17.4 Å². The Morgan fingerprint density at radius 1 is 1.15 bits per heavy atom. The zero-order valence-corrected chi connectivity index (χ0v) is 15.7. The quantitative estimate of drug-likeness (QED) is 0.641. The van der Waals surface area contributed by atoms with Crippen molar-refractivity contribution in [2.45, 2.75) is 44.2 Å². The molecule has 7 heteroatoms. The Morgan fingerprint density at radius 2 is 1.93 bits per heavy atom. The molecule has 0 bridgehead atoms. The van der Waals surface area contributed by atoms with Crippen molar-refractivity contribution < 1.29 is 18.0 Å². The van der Waals surface area contributed by atoms with Crippen LogP contribution in [0.4, 0.5) is 13.2 Å². The number of rotatable bonds is 2. The molecule has 1 atom stereocenters. The number of halogens is 3. The van der Waals surface area contributed by atoms with Gasteiger partial charge in [-0.3, -0.25) is 4.79 Å². The summed E-state index contributed by atoms with van der Waals surface area (Å²) in [5, 5.41) is 0.886. The fourth-order valence-corrected chi connectivity index (χ4v) is 5.04. The number of piperidine rings is 1. The van der Waals surface area contributed by atoms with Gasteiger partial charge in [0.05, 0.1) is 20.8 Å². The van der Waals surface area contributed by atoms with Gasteiger partial charge in [-0.05, 0) is 50.3 Å². The Bertz CT molecular complexity index is 866. The lowest BCUT2D eigenvalue weighted by Crippen LogP contribution is -2.41. The molecule has 2 aliphatic rings. The number of aromatic nitrogens is 1. The van der Waals surface area contributed by atoms with E-state index < -0.39 is 11.7 Å². The number of benzene rings is 1. The molecular weight excluding hydrogens is 373 g/mol. The highest BCUT2D eigenvalue weighted by atomic mass is 32.1. The van der Waals surface area contributed by atoms with Crippen LogP contribution in [0.5, 0.6) is 0 Å². The predicted molar refractivity (Wildman–Crippen MR) is 99.7 cm³/mol. The zero-order chi connectivity index (χ0) is 19.0. The Labute approximate surface area is 159 Å². The first-order valence-corrected chi connectivity index (χ1v) is 10.1. The number of fused-ring (bicyclic) bond motifs is 1. The maximum atomic E-state index is 12.9. The topological polar surface area (TPSA) is 33.2 Å². The Morgan fingerprint density at radius 3 is 2.59 bits per heavy atom. The normalized spacial score (nSPS) is 21.7. The van der Waals surface area contributed by atoms with Gasteiger partial charge in [0.1, 0.15) is 0 Å². The van der Waals surface area contributed by atoms with Gasteiger partial charge >= 0.3 is 6.18 Å². The van der Waals surface area contributed by atoms with Crippen LogP contribution in [0.25, 0.3) is 10.2 Å². The molecule has 1 aromatic carbocycles. The number of carbonyl (C=O) groups excluding carboxylic acids is 1. The van der Waals surface area contributed by atoms with Crippen LogP contribution in [0.15, 0.2) is 30.4 Å². The van der Waals surface area contributed by atoms with Crippen molar-refractivity contribution in [3.63, 3.8) is 0 Å². The Hall–Kier alpha value is -1.89. The molecule has 0 N–H and O–H groups in total. The first-order chi connectivity index (χ1) is 12.9. The van der Waals surface area contributed by atoms with Crippen molar-refractivity contribution in [2.24, 2.45) is 5.92 Å². The monoisotopic (exact) mass is 394 g/mol. The molecule has 0 radical (unpaired) electrons. The minimum Gasteiger partial charge on any atom is -0.342 e. The summed E-state index contributed by atoms with van der Waals surface area (Å²) >= 11 is 1.47. The van der Waals surface area contributed by atoms with Gasteiger partial charge in [-0.2, -0.15) is 13.2 Å². The van der Waals surface area contributed by atoms with Gasteiger partial charge in [0.15, 0.2) is 0 Å². The number of allylic oxidation sites excluding steroid dienone is 2. The van der Waals surface area contributed by atoms with Crippen LogP contribution in [0.2, 0.25) is 0 Å². The second-order valence-corrected chi connectivity index (χ2v) is 8.38. The van der Waals surface area contributed by atoms with Crippen LogP contribution in [-0.2, 0) is 11.0 Å². The molecule has 1 aliphatic carbocycles. The minimum atomic E-state index is -4.35. The van der Waals surface area contributed by atoms with Crippen molar-refractivity contribution in [3.8, 4) is 0 Å². The van der Waals surface area contributed by atoms with Crippen molar-refractivity contribution in [1.29, 1.82) is 0 Å². The lowest BCUT2D eigenvalue weighted by atomic mass is 9.91. The summed E-state index contributed by atoms with van der Waals surface area (Å²) in [5.41, 5.74) is -0.244. The number of thiazole rings is 1. The number of amides is 1. The van der Waals surface area contributed by atoms with Gasteiger partial charge in [-0.15, -0.1) is 11.3 Å². The van der Waals surface area contributed by atoms with E-state index in [0.717, 1.165) is 53.9 Å². The third kappa shape index (κ3) is 3.88. The van der Waals surface area contributed by atoms with Crippen molar-refractivity contribution in [2.75, 3.05) is 13.1 Å². The van der Waals surface area contributed by atoms with Crippen molar-refractivity contribution in [1.82, 2.24) is 9.88 Å². The maximum Gasteiger partial charge on any atom is 0.416 e. The Kier molecular flexibility index (Phi) is 4.97. The average Bonchev–Trinajstić information content (AvgIpc) is 3.11. The molecule has 1 saturated heterocycles. The summed E-state index contributed by atoms with van der Waals surface area (Å²) < 4.78 is 39.4.